The van der Waals surface area contributed by atoms with Crippen LogP contribution in [0.1, 0.15) is 0 Å². The van der Waals surface area contributed by atoms with Crippen LogP contribution < -0.4 is 4.89 Å². The highest BCUT2D eigenvalue weighted by Gasteiger charge is 2.20. The fourth-order valence-electron chi connectivity index (χ4n) is 0. The second-order valence-electron chi connectivity index (χ2n) is 0.540. The highest BCUT2D eigenvalue weighted by Crippen LogP contribution is 2.00. The molecule has 0 saturated carbocycles. The van der Waals surface area contributed by atoms with Gasteiger partial charge >= 0.3 is 16.2 Å². The van der Waals surface area contributed by atoms with Crippen molar-refractivity contribution >= 4 is 16.2 Å². The van der Waals surface area contributed by atoms with E-state index in [4.69, 9.17) is 4.80 Å². The lowest BCUT2D eigenvalue weighted by atomic mass is 15.9. The van der Waals surface area contributed by atoms with Gasteiger partial charge in [0.15, 0.2) is 0 Å². The maximum absolute atomic E-state index is 9.29. The maximum atomic E-state index is 9.29. The molecule has 0 aromatic carbocycles. The van der Waals surface area contributed by atoms with E-state index in [0.717, 1.165) is 0 Å². The van der Waals surface area contributed by atoms with Crippen LogP contribution in [0.4, 0.5) is 0 Å². The first-order valence-electron chi connectivity index (χ1n) is 1.02. The van der Waals surface area contributed by atoms with Crippen molar-refractivity contribution in [3.63, 3.8) is 0 Å². The van der Waals surface area contributed by atoms with Gasteiger partial charge in [0.2, 0.25) is 0 Å². The quantitative estimate of drug-likeness (QED) is 0.340. The molecule has 0 fully saturated rings. The van der Waals surface area contributed by atoms with E-state index in [1.54, 1.807) is 0 Å². The Morgan fingerprint density at radius 1 is 1.83 bits per heavy atom. The summed E-state index contributed by atoms with van der Waals surface area (Å²) in [4.78, 5) is 16.8. The Morgan fingerprint density at radius 2 is 2.00 bits per heavy atom. The van der Waals surface area contributed by atoms with Gasteiger partial charge in [-0.1, -0.05) is 4.57 Å². The summed E-state index contributed by atoms with van der Waals surface area (Å²) >= 11 is 0. The number of rotatable bonds is 1. The van der Waals surface area contributed by atoms with Gasteiger partial charge in [-0.15, -0.1) is 0 Å². The SMILES string of the molecule is O=[Si](O)[P+](=O)[O-]. The minimum Gasteiger partial charge on any atom is -0.599 e. The molecule has 0 heterocycles. The van der Waals surface area contributed by atoms with E-state index in [1.807, 2.05) is 0 Å². The molecule has 1 atom stereocenters. The van der Waals surface area contributed by atoms with Crippen LogP contribution in [0.5, 0.6) is 0 Å². The van der Waals surface area contributed by atoms with Crippen LogP contribution in [0.2, 0.25) is 0 Å². The van der Waals surface area contributed by atoms with Gasteiger partial charge in [0.25, 0.3) is 0 Å². The average Bonchev–Trinajstić information content (AvgIpc) is 1.36. The summed E-state index contributed by atoms with van der Waals surface area (Å²) in [6.45, 7) is 0. The summed E-state index contributed by atoms with van der Waals surface area (Å²) in [7, 11) is -6.31. The predicted octanol–water partition coefficient (Wildman–Crippen LogP) is -1.50. The van der Waals surface area contributed by atoms with Crippen LogP contribution in [0.25, 0.3) is 0 Å². The van der Waals surface area contributed by atoms with Crippen LogP contribution in [-0.4, -0.2) is 13.4 Å². The van der Waals surface area contributed by atoms with E-state index in [0.29, 0.717) is 0 Å². The summed E-state index contributed by atoms with van der Waals surface area (Å²) in [5.74, 6) is 0. The molecule has 34 valence electrons. The second kappa shape index (κ2) is 2.12. The second-order valence-corrected chi connectivity index (χ2v) is 3.86. The molecular weight excluding hydrogens is 123 g/mol. The summed E-state index contributed by atoms with van der Waals surface area (Å²) in [6.07, 6.45) is 0. The van der Waals surface area contributed by atoms with Crippen LogP contribution >= 0.6 is 7.58 Å². The third kappa shape index (κ3) is 2.13. The average molecular weight is 124 g/mol. The van der Waals surface area contributed by atoms with Crippen molar-refractivity contribution in [2.24, 2.45) is 0 Å². The zero-order valence-corrected chi connectivity index (χ0v) is 4.51. The van der Waals surface area contributed by atoms with E-state index in [9.17, 15) is 13.9 Å². The summed E-state index contributed by atoms with van der Waals surface area (Å²) in [5.41, 5.74) is 0. The van der Waals surface area contributed by atoms with E-state index in [-0.39, 0.29) is 0 Å². The molecule has 0 aliphatic rings. The Kier molecular flexibility index (Phi) is 2.08. The van der Waals surface area contributed by atoms with Crippen LogP contribution in [-0.2, 0) is 9.03 Å². The van der Waals surface area contributed by atoms with Gasteiger partial charge in [-0.2, -0.15) is 0 Å². The fraction of sp³-hybridized carbons (Fsp3) is 0. The minimum atomic E-state index is -3.25. The number of hydrogen-bond donors (Lipinski definition) is 1. The molecular formula is HO4PSi. The highest BCUT2D eigenvalue weighted by atomic mass is 31.4. The molecule has 0 radical (unpaired) electrons. The normalized spacial score (nSPS) is 10.5. The third-order valence-electron chi connectivity index (χ3n) is 0.156. The molecule has 6 heavy (non-hydrogen) atoms. The van der Waals surface area contributed by atoms with Gasteiger partial charge in [0, 0.05) is 0 Å². The van der Waals surface area contributed by atoms with Crippen molar-refractivity contribution in [1.29, 1.82) is 0 Å². The Labute approximate surface area is 35.9 Å². The van der Waals surface area contributed by atoms with Crippen LogP contribution in [0.3, 0.4) is 0 Å². The standard InChI is InChI=1S/HO4PSi/c1-5(2)6(3)4/h3H. The van der Waals surface area contributed by atoms with Crippen molar-refractivity contribution in [3.05, 3.63) is 0 Å². The Balaban J connectivity index is 3.57. The maximum Gasteiger partial charge on any atom is 0.828 e. The lowest BCUT2D eigenvalue weighted by molar-refractivity contribution is -0.160. The molecule has 0 aliphatic carbocycles. The zero-order valence-electron chi connectivity index (χ0n) is 2.62. The van der Waals surface area contributed by atoms with Gasteiger partial charge in [-0.05, 0) is 0 Å². The first-order valence-corrected chi connectivity index (χ1v) is 4.39. The molecule has 0 aromatic rings. The molecule has 1 N–H and O–H groups in total. The minimum absolute atomic E-state index is 3.06. The Morgan fingerprint density at radius 3 is 2.00 bits per heavy atom. The van der Waals surface area contributed by atoms with Crippen molar-refractivity contribution in [2.75, 3.05) is 0 Å². The topological polar surface area (TPSA) is 77.4 Å². The van der Waals surface area contributed by atoms with Gasteiger partial charge in [-0.25, -0.2) is 0 Å². The molecule has 0 bridgehead atoms. The van der Waals surface area contributed by atoms with Gasteiger partial charge in [0.05, 0.1) is 0 Å². The van der Waals surface area contributed by atoms with Crippen LogP contribution in [0.15, 0.2) is 0 Å². The van der Waals surface area contributed by atoms with Gasteiger partial charge in [-0.3, -0.25) is 4.46 Å². The van der Waals surface area contributed by atoms with E-state index < -0.39 is 16.2 Å². The largest absolute Gasteiger partial charge is 0.828 e. The molecule has 0 aromatic heterocycles. The molecule has 0 spiro atoms. The van der Waals surface area contributed by atoms with Crippen molar-refractivity contribution in [1.82, 2.24) is 0 Å². The Hall–Kier alpha value is -0.123. The van der Waals surface area contributed by atoms with Gasteiger partial charge < -0.3 is 9.69 Å². The lowest BCUT2D eigenvalue weighted by Gasteiger charge is -1.67. The molecule has 0 saturated heterocycles. The first-order chi connectivity index (χ1) is 2.64. The molecule has 0 rings (SSSR count). The van der Waals surface area contributed by atoms with Gasteiger partial charge in [0.1, 0.15) is 0 Å². The Bertz CT molecular complexity index is 73.5. The molecule has 4 nitrogen and oxygen atoms in total. The molecule has 0 amide bonds. The lowest BCUT2D eigenvalue weighted by Crippen LogP contribution is -1.99. The predicted molar refractivity (Wildman–Crippen MR) is 16.3 cm³/mol. The fourth-order valence-corrected chi connectivity index (χ4v) is 0. The van der Waals surface area contributed by atoms with Crippen LogP contribution in [0, 0.1) is 0 Å². The van der Waals surface area contributed by atoms with Crippen molar-refractivity contribution < 1.29 is 18.7 Å². The van der Waals surface area contributed by atoms with E-state index >= 15 is 0 Å². The highest BCUT2D eigenvalue weighted by molar-refractivity contribution is 7.70. The molecule has 1 unspecified atom stereocenters. The molecule has 0 aliphatic heterocycles. The van der Waals surface area contributed by atoms with Crippen molar-refractivity contribution in [2.45, 2.75) is 0 Å². The van der Waals surface area contributed by atoms with E-state index in [1.165, 1.54) is 0 Å². The summed E-state index contributed by atoms with van der Waals surface area (Å²) in [5, 5.41) is 0. The number of hydrogen-bond acceptors (Lipinski definition) is 3. The smallest absolute Gasteiger partial charge is 0.599 e. The molecule has 6 heteroatoms. The van der Waals surface area contributed by atoms with E-state index in [2.05, 4.69) is 0 Å². The van der Waals surface area contributed by atoms with Crippen molar-refractivity contribution in [3.8, 4) is 0 Å². The third-order valence-corrected chi connectivity index (χ3v) is 1.41. The summed E-state index contributed by atoms with van der Waals surface area (Å²) in [6, 6.07) is 0. The zero-order chi connectivity index (χ0) is 5.15. The first kappa shape index (κ1) is 5.88. The summed E-state index contributed by atoms with van der Waals surface area (Å²) < 4.78 is 18.5. The monoisotopic (exact) mass is 124 g/mol.